The van der Waals surface area contributed by atoms with Gasteiger partial charge in [-0.3, -0.25) is 9.78 Å². The zero-order valence-corrected chi connectivity index (χ0v) is 19.1. The predicted molar refractivity (Wildman–Crippen MR) is 119 cm³/mol. The Morgan fingerprint density at radius 2 is 1.81 bits per heavy atom. The average molecular weight is 463 g/mol. The van der Waals surface area contributed by atoms with Gasteiger partial charge in [-0.15, -0.1) is 10.2 Å². The molecule has 0 radical (unpaired) electrons. The number of hydrogen-bond donors (Lipinski definition) is 1. The number of carbonyl (C=O) groups is 1. The van der Waals surface area contributed by atoms with Crippen LogP contribution in [0, 0.1) is 0 Å². The summed E-state index contributed by atoms with van der Waals surface area (Å²) in [7, 11) is 2.88. The van der Waals surface area contributed by atoms with Crippen molar-refractivity contribution in [2.24, 2.45) is 0 Å². The van der Waals surface area contributed by atoms with Gasteiger partial charge in [0.2, 0.25) is 21.8 Å². The molecule has 1 amide bonds. The predicted octanol–water partition coefficient (Wildman–Crippen LogP) is 2.18. The van der Waals surface area contributed by atoms with Crippen LogP contribution in [0.1, 0.15) is 0 Å². The Morgan fingerprint density at radius 3 is 2.45 bits per heavy atom. The molecule has 10 nitrogen and oxygen atoms in total. The number of rotatable bonds is 8. The maximum atomic E-state index is 12.5. The van der Waals surface area contributed by atoms with Crippen molar-refractivity contribution >= 4 is 39.1 Å². The van der Waals surface area contributed by atoms with Crippen molar-refractivity contribution in [3.05, 3.63) is 42.7 Å². The third-order valence-electron chi connectivity index (χ3n) is 4.16. The van der Waals surface area contributed by atoms with Gasteiger partial charge in [-0.25, -0.2) is 12.7 Å². The van der Waals surface area contributed by atoms with Crippen LogP contribution in [-0.2, 0) is 14.8 Å². The van der Waals surface area contributed by atoms with Crippen molar-refractivity contribution in [2.75, 3.05) is 44.2 Å². The largest absolute Gasteiger partial charge is 0.411 e. The fraction of sp³-hybridized carbons (Fsp3) is 0.263. The molecule has 0 bridgehead atoms. The summed E-state index contributed by atoms with van der Waals surface area (Å²) >= 11 is 1.08. The van der Waals surface area contributed by atoms with Crippen molar-refractivity contribution in [2.45, 2.75) is 10.1 Å². The van der Waals surface area contributed by atoms with E-state index in [0.717, 1.165) is 21.6 Å². The first kappa shape index (κ1) is 22.7. The highest BCUT2D eigenvalue weighted by atomic mass is 32.2. The summed E-state index contributed by atoms with van der Waals surface area (Å²) in [4.78, 5) is 18.3. The molecule has 0 atom stereocenters. The number of hydrogen-bond acceptors (Lipinski definition) is 9. The molecule has 0 aliphatic rings. The van der Waals surface area contributed by atoms with Gasteiger partial charge in [0.15, 0.2) is 0 Å². The van der Waals surface area contributed by atoms with Gasteiger partial charge >= 0.3 is 0 Å². The van der Waals surface area contributed by atoms with Crippen LogP contribution in [0.2, 0.25) is 0 Å². The molecule has 0 aliphatic carbocycles. The standard InChI is InChI=1S/C19H22N6O4S2/c1-24(2)16-6-5-14(31(27,28)25(3)4)11-15(16)21-17(26)12-30-19-23-22-18(29-19)13-7-9-20-10-8-13/h5-11H,12H2,1-4H3,(H,21,26). The molecule has 2 aromatic heterocycles. The van der Waals surface area contributed by atoms with Gasteiger partial charge in [0.25, 0.3) is 5.22 Å². The zero-order chi connectivity index (χ0) is 22.6. The Bertz CT molecular complexity index is 1160. The molecule has 0 saturated carbocycles. The minimum atomic E-state index is -3.64. The molecular weight excluding hydrogens is 440 g/mol. The van der Waals surface area contributed by atoms with Gasteiger partial charge in [-0.05, 0) is 30.3 Å². The first-order valence-electron chi connectivity index (χ1n) is 9.09. The number of nitrogens with one attached hydrogen (secondary N) is 1. The first-order valence-corrected chi connectivity index (χ1v) is 11.5. The number of thioether (sulfide) groups is 1. The second kappa shape index (κ2) is 9.45. The molecule has 1 N–H and O–H groups in total. The number of aromatic nitrogens is 3. The lowest BCUT2D eigenvalue weighted by molar-refractivity contribution is -0.113. The normalized spacial score (nSPS) is 11.5. The summed E-state index contributed by atoms with van der Waals surface area (Å²) in [6.45, 7) is 0. The monoisotopic (exact) mass is 462 g/mol. The number of carbonyl (C=O) groups excluding carboxylic acids is 1. The van der Waals surface area contributed by atoms with Crippen LogP contribution >= 0.6 is 11.8 Å². The van der Waals surface area contributed by atoms with E-state index >= 15 is 0 Å². The molecule has 2 heterocycles. The molecule has 31 heavy (non-hydrogen) atoms. The molecule has 0 saturated heterocycles. The Labute approximate surface area is 184 Å². The topological polar surface area (TPSA) is 122 Å². The second-order valence-electron chi connectivity index (χ2n) is 6.81. The highest BCUT2D eigenvalue weighted by Gasteiger charge is 2.20. The Kier molecular flexibility index (Phi) is 6.93. The number of pyridine rings is 1. The van der Waals surface area contributed by atoms with Crippen molar-refractivity contribution in [1.82, 2.24) is 19.5 Å². The van der Waals surface area contributed by atoms with E-state index in [4.69, 9.17) is 4.42 Å². The first-order chi connectivity index (χ1) is 14.7. The summed E-state index contributed by atoms with van der Waals surface area (Å²) in [5.41, 5.74) is 1.80. The van der Waals surface area contributed by atoms with E-state index < -0.39 is 10.0 Å². The van der Waals surface area contributed by atoms with Gasteiger partial charge in [-0.1, -0.05) is 11.8 Å². The lowest BCUT2D eigenvalue weighted by atomic mass is 10.2. The van der Waals surface area contributed by atoms with E-state index in [1.807, 2.05) is 0 Å². The fourth-order valence-electron chi connectivity index (χ4n) is 2.57. The maximum absolute atomic E-state index is 12.5. The van der Waals surface area contributed by atoms with Crippen LogP contribution < -0.4 is 10.2 Å². The van der Waals surface area contributed by atoms with Gasteiger partial charge in [-0.2, -0.15) is 0 Å². The Hall–Kier alpha value is -2.96. The van der Waals surface area contributed by atoms with E-state index in [2.05, 4.69) is 20.5 Å². The highest BCUT2D eigenvalue weighted by Crippen LogP contribution is 2.29. The van der Waals surface area contributed by atoms with Crippen molar-refractivity contribution in [3.63, 3.8) is 0 Å². The summed E-state index contributed by atoms with van der Waals surface area (Å²) in [6.07, 6.45) is 3.24. The summed E-state index contributed by atoms with van der Waals surface area (Å²) in [6, 6.07) is 8.09. The van der Waals surface area contributed by atoms with Crippen molar-refractivity contribution < 1.29 is 17.6 Å². The van der Waals surface area contributed by atoms with Crippen LogP contribution in [0.25, 0.3) is 11.5 Å². The smallest absolute Gasteiger partial charge is 0.277 e. The molecule has 0 unspecified atom stereocenters. The minimum absolute atomic E-state index is 0.00943. The van der Waals surface area contributed by atoms with Crippen LogP contribution in [0.3, 0.4) is 0 Å². The molecule has 164 valence electrons. The molecular formula is C19H22N6O4S2. The summed E-state index contributed by atoms with van der Waals surface area (Å²) in [5.74, 6) is 0.00754. The fourth-order valence-corrected chi connectivity index (χ4v) is 4.06. The van der Waals surface area contributed by atoms with Crippen molar-refractivity contribution in [3.8, 4) is 11.5 Å². The summed E-state index contributed by atoms with van der Waals surface area (Å²) in [5, 5.41) is 10.9. The average Bonchev–Trinajstić information content (AvgIpc) is 3.21. The van der Waals surface area contributed by atoms with Crippen LogP contribution in [0.4, 0.5) is 11.4 Å². The number of anilines is 2. The van der Waals surface area contributed by atoms with Gasteiger partial charge < -0.3 is 14.6 Å². The molecule has 0 fully saturated rings. The number of benzene rings is 1. The van der Waals surface area contributed by atoms with Crippen LogP contribution in [0.15, 0.2) is 57.3 Å². The highest BCUT2D eigenvalue weighted by molar-refractivity contribution is 7.99. The van der Waals surface area contributed by atoms with E-state index in [9.17, 15) is 13.2 Å². The lowest BCUT2D eigenvalue weighted by Crippen LogP contribution is -2.23. The van der Waals surface area contributed by atoms with Crippen LogP contribution in [0.5, 0.6) is 0 Å². The number of amides is 1. The maximum Gasteiger partial charge on any atom is 0.277 e. The number of sulfonamides is 1. The third-order valence-corrected chi connectivity index (χ3v) is 6.79. The van der Waals surface area contributed by atoms with E-state index in [0.29, 0.717) is 17.3 Å². The van der Waals surface area contributed by atoms with E-state index in [-0.39, 0.29) is 21.8 Å². The Balaban J connectivity index is 1.72. The van der Waals surface area contributed by atoms with Crippen LogP contribution in [-0.4, -0.2) is 67.8 Å². The zero-order valence-electron chi connectivity index (χ0n) is 17.4. The molecule has 0 aliphatic heterocycles. The Morgan fingerprint density at radius 1 is 1.10 bits per heavy atom. The number of nitrogens with zero attached hydrogens (tertiary/aromatic N) is 5. The van der Waals surface area contributed by atoms with Gasteiger partial charge in [0, 0.05) is 46.1 Å². The molecule has 3 rings (SSSR count). The SMILES string of the molecule is CN(C)c1ccc(S(=O)(=O)N(C)C)cc1NC(=O)CSc1nnc(-c2ccncc2)o1. The lowest BCUT2D eigenvalue weighted by Gasteiger charge is -2.20. The van der Waals surface area contributed by atoms with Crippen molar-refractivity contribution in [1.29, 1.82) is 0 Å². The molecule has 0 spiro atoms. The van der Waals surface area contributed by atoms with Gasteiger partial charge in [0.1, 0.15) is 0 Å². The quantitative estimate of drug-likeness (QED) is 0.502. The molecule has 12 heteroatoms. The van der Waals surface area contributed by atoms with E-state index in [1.54, 1.807) is 49.6 Å². The molecule has 3 aromatic rings. The molecule has 1 aromatic carbocycles. The van der Waals surface area contributed by atoms with E-state index in [1.165, 1.54) is 26.2 Å². The minimum Gasteiger partial charge on any atom is -0.411 e. The third kappa shape index (κ3) is 5.40. The van der Waals surface area contributed by atoms with Gasteiger partial charge in [0.05, 0.1) is 22.0 Å². The second-order valence-corrected chi connectivity index (χ2v) is 9.89. The summed E-state index contributed by atoms with van der Waals surface area (Å²) < 4.78 is 31.6.